The van der Waals surface area contributed by atoms with Crippen molar-refractivity contribution >= 4 is 11.6 Å². The molecule has 0 bridgehead atoms. The van der Waals surface area contributed by atoms with Crippen LogP contribution in [0.3, 0.4) is 0 Å². The standard InChI is InChI=1S/C17H28N2O2/c1-13(2)10-11-17(3,21)12-18-16(20)14-6-8-15(9-7-14)19(4)5/h6-9,13,21H,10-12H2,1-5H3,(H,18,20). The highest BCUT2D eigenvalue weighted by atomic mass is 16.3. The molecule has 0 aliphatic rings. The van der Waals surface area contributed by atoms with Gasteiger partial charge in [0.15, 0.2) is 0 Å². The van der Waals surface area contributed by atoms with E-state index in [4.69, 9.17) is 0 Å². The number of amides is 1. The molecule has 1 aromatic carbocycles. The highest BCUT2D eigenvalue weighted by Gasteiger charge is 2.21. The summed E-state index contributed by atoms with van der Waals surface area (Å²) in [6.45, 7) is 6.29. The zero-order chi connectivity index (χ0) is 16.0. The third-order valence-electron chi connectivity index (χ3n) is 3.54. The second-order valence-electron chi connectivity index (χ2n) is 6.55. The van der Waals surface area contributed by atoms with Gasteiger partial charge in [-0.25, -0.2) is 0 Å². The van der Waals surface area contributed by atoms with Crippen molar-refractivity contribution in [2.24, 2.45) is 5.92 Å². The molecule has 0 saturated heterocycles. The predicted octanol–water partition coefficient (Wildman–Crippen LogP) is 2.67. The third-order valence-corrected chi connectivity index (χ3v) is 3.54. The molecule has 2 N–H and O–H groups in total. The maximum Gasteiger partial charge on any atom is 0.251 e. The Morgan fingerprint density at radius 3 is 2.33 bits per heavy atom. The van der Waals surface area contributed by atoms with Crippen molar-refractivity contribution in [3.05, 3.63) is 29.8 Å². The van der Waals surface area contributed by atoms with Gasteiger partial charge in [0.05, 0.1) is 5.60 Å². The van der Waals surface area contributed by atoms with Crippen LogP contribution in [-0.2, 0) is 0 Å². The summed E-state index contributed by atoms with van der Waals surface area (Å²) in [6.07, 6.45) is 1.63. The van der Waals surface area contributed by atoms with Gasteiger partial charge in [0.2, 0.25) is 0 Å². The van der Waals surface area contributed by atoms with E-state index in [9.17, 15) is 9.90 Å². The van der Waals surface area contributed by atoms with Crippen molar-refractivity contribution in [1.82, 2.24) is 5.32 Å². The highest BCUT2D eigenvalue weighted by Crippen LogP contribution is 2.16. The van der Waals surface area contributed by atoms with Crippen LogP contribution in [-0.4, -0.2) is 37.3 Å². The van der Waals surface area contributed by atoms with E-state index in [0.29, 0.717) is 17.9 Å². The first-order chi connectivity index (χ1) is 9.71. The molecule has 1 amide bonds. The number of hydrogen-bond donors (Lipinski definition) is 2. The number of benzene rings is 1. The number of hydrogen-bond acceptors (Lipinski definition) is 3. The molecule has 1 unspecified atom stereocenters. The second-order valence-corrected chi connectivity index (χ2v) is 6.55. The zero-order valence-corrected chi connectivity index (χ0v) is 13.8. The lowest BCUT2D eigenvalue weighted by Gasteiger charge is -2.24. The Morgan fingerprint density at radius 1 is 1.29 bits per heavy atom. The lowest BCUT2D eigenvalue weighted by molar-refractivity contribution is 0.0429. The van der Waals surface area contributed by atoms with Gasteiger partial charge < -0.3 is 15.3 Å². The largest absolute Gasteiger partial charge is 0.388 e. The number of nitrogens with zero attached hydrogens (tertiary/aromatic N) is 1. The first-order valence-electron chi connectivity index (χ1n) is 7.49. The number of carbonyl (C=O) groups is 1. The number of anilines is 1. The van der Waals surface area contributed by atoms with Gasteiger partial charge in [-0.3, -0.25) is 4.79 Å². The van der Waals surface area contributed by atoms with Gasteiger partial charge in [0.1, 0.15) is 0 Å². The fraction of sp³-hybridized carbons (Fsp3) is 0.588. The van der Waals surface area contributed by atoms with E-state index >= 15 is 0 Å². The fourth-order valence-corrected chi connectivity index (χ4v) is 1.97. The molecular weight excluding hydrogens is 264 g/mol. The van der Waals surface area contributed by atoms with Crippen molar-refractivity contribution in [1.29, 1.82) is 0 Å². The molecule has 4 nitrogen and oxygen atoms in total. The monoisotopic (exact) mass is 292 g/mol. The first kappa shape index (κ1) is 17.5. The quantitative estimate of drug-likeness (QED) is 0.812. The van der Waals surface area contributed by atoms with Crippen LogP contribution in [0.1, 0.15) is 44.0 Å². The molecule has 1 atom stereocenters. The van der Waals surface area contributed by atoms with E-state index < -0.39 is 5.60 Å². The molecule has 118 valence electrons. The molecule has 0 aliphatic heterocycles. The summed E-state index contributed by atoms with van der Waals surface area (Å²) in [5.74, 6) is 0.399. The number of nitrogens with one attached hydrogen (secondary N) is 1. The second kappa shape index (κ2) is 7.46. The molecule has 0 radical (unpaired) electrons. The van der Waals surface area contributed by atoms with Gasteiger partial charge in [-0.2, -0.15) is 0 Å². The topological polar surface area (TPSA) is 52.6 Å². The number of aliphatic hydroxyl groups is 1. The molecule has 0 spiro atoms. The van der Waals surface area contributed by atoms with Crippen molar-refractivity contribution in [2.45, 2.75) is 39.2 Å². The van der Waals surface area contributed by atoms with Crippen molar-refractivity contribution in [2.75, 3.05) is 25.5 Å². The van der Waals surface area contributed by atoms with Crippen LogP contribution >= 0.6 is 0 Å². The lowest BCUT2D eigenvalue weighted by Crippen LogP contribution is -2.40. The van der Waals surface area contributed by atoms with Gasteiger partial charge in [0.25, 0.3) is 5.91 Å². The highest BCUT2D eigenvalue weighted by molar-refractivity contribution is 5.94. The lowest BCUT2D eigenvalue weighted by atomic mass is 9.95. The molecule has 0 aliphatic carbocycles. The van der Waals surface area contributed by atoms with E-state index in [-0.39, 0.29) is 12.5 Å². The average Bonchev–Trinajstić information content (AvgIpc) is 2.43. The van der Waals surface area contributed by atoms with E-state index in [2.05, 4.69) is 19.2 Å². The smallest absolute Gasteiger partial charge is 0.251 e. The van der Waals surface area contributed by atoms with Gasteiger partial charge in [-0.15, -0.1) is 0 Å². The molecule has 4 heteroatoms. The van der Waals surface area contributed by atoms with Crippen LogP contribution in [0.5, 0.6) is 0 Å². The summed E-state index contributed by atoms with van der Waals surface area (Å²) in [5.41, 5.74) is 0.805. The van der Waals surface area contributed by atoms with Crippen LogP contribution < -0.4 is 10.2 Å². The number of carbonyl (C=O) groups excluding carboxylic acids is 1. The maximum atomic E-state index is 12.1. The van der Waals surface area contributed by atoms with Crippen molar-refractivity contribution in [3.63, 3.8) is 0 Å². The van der Waals surface area contributed by atoms with Crippen LogP contribution in [0.4, 0.5) is 5.69 Å². The third kappa shape index (κ3) is 6.17. The van der Waals surface area contributed by atoms with E-state index in [1.165, 1.54) is 0 Å². The maximum absolute atomic E-state index is 12.1. The Hall–Kier alpha value is -1.55. The van der Waals surface area contributed by atoms with Crippen LogP contribution in [0.15, 0.2) is 24.3 Å². The van der Waals surface area contributed by atoms with E-state index in [1.807, 2.05) is 31.1 Å². The molecule has 0 saturated carbocycles. The summed E-state index contributed by atoms with van der Waals surface area (Å²) < 4.78 is 0. The van der Waals surface area contributed by atoms with Crippen molar-refractivity contribution < 1.29 is 9.90 Å². The average molecular weight is 292 g/mol. The fourth-order valence-electron chi connectivity index (χ4n) is 1.97. The Labute approximate surface area is 128 Å². The minimum absolute atomic E-state index is 0.148. The predicted molar refractivity (Wildman–Crippen MR) is 87.8 cm³/mol. The Balaban J connectivity index is 2.53. The molecular formula is C17H28N2O2. The van der Waals surface area contributed by atoms with E-state index in [1.54, 1.807) is 19.1 Å². The summed E-state index contributed by atoms with van der Waals surface area (Å²) in [4.78, 5) is 14.1. The number of rotatable bonds is 7. The first-order valence-corrected chi connectivity index (χ1v) is 7.49. The molecule has 0 aromatic heterocycles. The SMILES string of the molecule is CC(C)CCC(C)(O)CNC(=O)c1ccc(N(C)C)cc1. The van der Waals surface area contributed by atoms with Crippen LogP contribution in [0.25, 0.3) is 0 Å². The normalized spacial score (nSPS) is 13.9. The Kier molecular flexibility index (Phi) is 6.21. The minimum Gasteiger partial charge on any atom is -0.388 e. The summed E-state index contributed by atoms with van der Waals surface area (Å²) in [6, 6.07) is 7.42. The molecule has 0 fully saturated rings. The van der Waals surface area contributed by atoms with Gasteiger partial charge in [-0.05, 0) is 49.9 Å². The Bertz CT molecular complexity index is 450. The summed E-state index contributed by atoms with van der Waals surface area (Å²) >= 11 is 0. The van der Waals surface area contributed by atoms with E-state index in [0.717, 1.165) is 12.1 Å². The summed E-state index contributed by atoms with van der Waals surface area (Å²) in [7, 11) is 3.92. The zero-order valence-electron chi connectivity index (χ0n) is 13.8. The van der Waals surface area contributed by atoms with Crippen LogP contribution in [0, 0.1) is 5.92 Å². The molecule has 1 rings (SSSR count). The Morgan fingerprint density at radius 2 is 1.86 bits per heavy atom. The molecule has 1 aromatic rings. The van der Waals surface area contributed by atoms with Crippen molar-refractivity contribution in [3.8, 4) is 0 Å². The summed E-state index contributed by atoms with van der Waals surface area (Å²) in [5, 5.41) is 13.1. The van der Waals surface area contributed by atoms with Gasteiger partial charge >= 0.3 is 0 Å². The van der Waals surface area contributed by atoms with Gasteiger partial charge in [-0.1, -0.05) is 13.8 Å². The van der Waals surface area contributed by atoms with Crippen LogP contribution in [0.2, 0.25) is 0 Å². The molecule has 21 heavy (non-hydrogen) atoms. The van der Waals surface area contributed by atoms with Gasteiger partial charge in [0, 0.05) is 31.9 Å². The molecule has 0 heterocycles. The minimum atomic E-state index is -0.858.